The van der Waals surface area contributed by atoms with Crippen LogP contribution in [0.3, 0.4) is 0 Å². The topological polar surface area (TPSA) is 28.2 Å². The summed E-state index contributed by atoms with van der Waals surface area (Å²) in [6.45, 7) is 4.66. The van der Waals surface area contributed by atoms with Crippen molar-refractivity contribution >= 4 is 16.7 Å². The molecule has 1 unspecified atom stereocenters. The molecule has 2 saturated heterocycles. The second-order valence-corrected chi connectivity index (χ2v) is 5.96. The van der Waals surface area contributed by atoms with E-state index in [0.717, 1.165) is 24.4 Å². The Morgan fingerprint density at radius 3 is 2.95 bits per heavy atom. The quantitative estimate of drug-likeness (QED) is 0.846. The highest BCUT2D eigenvalue weighted by molar-refractivity contribution is 5.80. The fourth-order valence-corrected chi connectivity index (χ4v) is 3.51. The smallest absolute Gasteiger partial charge is 0.129 e. The SMILES string of the molecule is c1ccc2nc(N3CCC4(CCNC4)C3)ccc2c1. The van der Waals surface area contributed by atoms with Gasteiger partial charge in [0.25, 0.3) is 0 Å². The van der Waals surface area contributed by atoms with Crippen LogP contribution in [0.1, 0.15) is 12.8 Å². The van der Waals surface area contributed by atoms with E-state index in [1.54, 1.807) is 0 Å². The third-order valence-electron chi connectivity index (χ3n) is 4.68. The zero-order chi connectivity index (χ0) is 12.7. The Labute approximate surface area is 113 Å². The van der Waals surface area contributed by atoms with Crippen molar-refractivity contribution < 1.29 is 0 Å². The van der Waals surface area contributed by atoms with E-state index in [4.69, 9.17) is 4.98 Å². The van der Waals surface area contributed by atoms with Crippen LogP contribution in [0.2, 0.25) is 0 Å². The molecule has 98 valence electrons. The summed E-state index contributed by atoms with van der Waals surface area (Å²) in [5.41, 5.74) is 1.61. The lowest BCUT2D eigenvalue weighted by Crippen LogP contribution is -2.29. The number of aromatic nitrogens is 1. The van der Waals surface area contributed by atoms with E-state index >= 15 is 0 Å². The van der Waals surface area contributed by atoms with Crippen molar-refractivity contribution in [1.29, 1.82) is 0 Å². The molecule has 1 aromatic heterocycles. The molecule has 2 fully saturated rings. The van der Waals surface area contributed by atoms with Crippen molar-refractivity contribution in [2.45, 2.75) is 12.8 Å². The minimum absolute atomic E-state index is 0.507. The average molecular weight is 253 g/mol. The van der Waals surface area contributed by atoms with Crippen molar-refractivity contribution in [3.63, 3.8) is 0 Å². The molecule has 1 N–H and O–H groups in total. The maximum atomic E-state index is 4.82. The largest absolute Gasteiger partial charge is 0.356 e. The maximum absolute atomic E-state index is 4.82. The summed E-state index contributed by atoms with van der Waals surface area (Å²) in [5, 5.41) is 4.73. The van der Waals surface area contributed by atoms with Crippen molar-refractivity contribution in [3.8, 4) is 0 Å². The van der Waals surface area contributed by atoms with Crippen molar-refractivity contribution in [2.24, 2.45) is 5.41 Å². The molecule has 19 heavy (non-hydrogen) atoms. The Hall–Kier alpha value is -1.61. The van der Waals surface area contributed by atoms with Gasteiger partial charge in [-0.25, -0.2) is 4.98 Å². The van der Waals surface area contributed by atoms with Gasteiger partial charge < -0.3 is 10.2 Å². The van der Waals surface area contributed by atoms with Crippen LogP contribution in [0.25, 0.3) is 10.9 Å². The van der Waals surface area contributed by atoms with Gasteiger partial charge in [-0.1, -0.05) is 18.2 Å². The minimum Gasteiger partial charge on any atom is -0.356 e. The first-order chi connectivity index (χ1) is 9.35. The number of fused-ring (bicyclic) bond motifs is 1. The number of hydrogen-bond donors (Lipinski definition) is 1. The summed E-state index contributed by atoms with van der Waals surface area (Å²) in [5.74, 6) is 1.14. The molecule has 1 atom stereocenters. The number of nitrogens with one attached hydrogen (secondary N) is 1. The summed E-state index contributed by atoms with van der Waals surface area (Å²) < 4.78 is 0. The van der Waals surface area contributed by atoms with E-state index in [9.17, 15) is 0 Å². The third-order valence-corrected chi connectivity index (χ3v) is 4.68. The van der Waals surface area contributed by atoms with Gasteiger partial charge in [0.05, 0.1) is 5.52 Å². The van der Waals surface area contributed by atoms with Crippen LogP contribution in [0.5, 0.6) is 0 Å². The molecule has 0 saturated carbocycles. The van der Waals surface area contributed by atoms with E-state index in [1.165, 1.54) is 31.3 Å². The standard InChI is InChI=1S/C16H19N3/c1-2-4-14-13(3-1)5-6-15(18-14)19-10-8-16(12-19)7-9-17-11-16/h1-6,17H,7-12H2. The second-order valence-electron chi connectivity index (χ2n) is 5.96. The van der Waals surface area contributed by atoms with E-state index in [0.29, 0.717) is 5.41 Å². The normalized spacial score (nSPS) is 26.6. The van der Waals surface area contributed by atoms with Crippen LogP contribution in [0.15, 0.2) is 36.4 Å². The third kappa shape index (κ3) is 1.89. The first-order valence-electron chi connectivity index (χ1n) is 7.16. The van der Waals surface area contributed by atoms with E-state index in [2.05, 4.69) is 46.6 Å². The monoisotopic (exact) mass is 253 g/mol. The Bertz CT molecular complexity index is 602. The van der Waals surface area contributed by atoms with Crippen LogP contribution in [0, 0.1) is 5.41 Å². The number of anilines is 1. The average Bonchev–Trinajstić information content (AvgIpc) is 3.09. The molecule has 2 aromatic rings. The summed E-state index contributed by atoms with van der Waals surface area (Å²) in [6, 6.07) is 12.7. The summed E-state index contributed by atoms with van der Waals surface area (Å²) >= 11 is 0. The highest BCUT2D eigenvalue weighted by Gasteiger charge is 2.40. The number of benzene rings is 1. The molecule has 1 spiro atoms. The van der Waals surface area contributed by atoms with Crippen molar-refractivity contribution in [2.75, 3.05) is 31.1 Å². The molecular weight excluding hydrogens is 234 g/mol. The van der Waals surface area contributed by atoms with Crippen LogP contribution < -0.4 is 10.2 Å². The Morgan fingerprint density at radius 2 is 2.05 bits per heavy atom. The molecular formula is C16H19N3. The minimum atomic E-state index is 0.507. The van der Waals surface area contributed by atoms with Crippen molar-refractivity contribution in [1.82, 2.24) is 10.3 Å². The lowest BCUT2D eigenvalue weighted by atomic mass is 9.87. The number of para-hydroxylation sites is 1. The molecule has 0 radical (unpaired) electrons. The number of rotatable bonds is 1. The van der Waals surface area contributed by atoms with Gasteiger partial charge in [0.1, 0.15) is 5.82 Å². The predicted octanol–water partition coefficient (Wildman–Crippen LogP) is 2.42. The fourth-order valence-electron chi connectivity index (χ4n) is 3.51. The molecule has 2 aliphatic heterocycles. The molecule has 0 amide bonds. The zero-order valence-electron chi connectivity index (χ0n) is 11.1. The van der Waals surface area contributed by atoms with Crippen LogP contribution in [-0.2, 0) is 0 Å². The van der Waals surface area contributed by atoms with Crippen molar-refractivity contribution in [3.05, 3.63) is 36.4 Å². The zero-order valence-corrected chi connectivity index (χ0v) is 11.1. The van der Waals surface area contributed by atoms with Gasteiger partial charge in [0.2, 0.25) is 0 Å². The molecule has 3 heteroatoms. The van der Waals surface area contributed by atoms with Crippen LogP contribution >= 0.6 is 0 Å². The summed E-state index contributed by atoms with van der Waals surface area (Å²) in [7, 11) is 0. The molecule has 0 aliphatic carbocycles. The molecule has 3 heterocycles. The number of hydrogen-bond acceptors (Lipinski definition) is 3. The van der Waals surface area contributed by atoms with E-state index in [-0.39, 0.29) is 0 Å². The Morgan fingerprint density at radius 1 is 1.11 bits per heavy atom. The summed E-state index contributed by atoms with van der Waals surface area (Å²) in [6.07, 6.45) is 2.62. The van der Waals surface area contributed by atoms with Gasteiger partial charge in [-0.3, -0.25) is 0 Å². The van der Waals surface area contributed by atoms with E-state index in [1.807, 2.05) is 0 Å². The van der Waals surface area contributed by atoms with Gasteiger partial charge in [-0.2, -0.15) is 0 Å². The van der Waals surface area contributed by atoms with E-state index < -0.39 is 0 Å². The number of nitrogens with zero attached hydrogens (tertiary/aromatic N) is 2. The maximum Gasteiger partial charge on any atom is 0.129 e. The lowest BCUT2D eigenvalue weighted by molar-refractivity contribution is 0.369. The molecule has 2 aliphatic rings. The first-order valence-corrected chi connectivity index (χ1v) is 7.16. The highest BCUT2D eigenvalue weighted by atomic mass is 15.2. The molecule has 4 rings (SSSR count). The fraction of sp³-hybridized carbons (Fsp3) is 0.438. The van der Waals surface area contributed by atoms with Gasteiger partial charge in [0, 0.05) is 30.4 Å². The van der Waals surface area contributed by atoms with Gasteiger partial charge in [0.15, 0.2) is 0 Å². The lowest BCUT2D eigenvalue weighted by Gasteiger charge is -2.23. The Kier molecular flexibility index (Phi) is 2.49. The van der Waals surface area contributed by atoms with Crippen LogP contribution in [0.4, 0.5) is 5.82 Å². The summed E-state index contributed by atoms with van der Waals surface area (Å²) in [4.78, 5) is 7.28. The second kappa shape index (κ2) is 4.20. The van der Waals surface area contributed by atoms with Gasteiger partial charge in [-0.15, -0.1) is 0 Å². The Balaban J connectivity index is 1.64. The highest BCUT2D eigenvalue weighted by Crippen LogP contribution is 2.37. The van der Waals surface area contributed by atoms with Crippen LogP contribution in [-0.4, -0.2) is 31.2 Å². The molecule has 3 nitrogen and oxygen atoms in total. The van der Waals surface area contributed by atoms with Gasteiger partial charge >= 0.3 is 0 Å². The number of pyridine rings is 1. The van der Waals surface area contributed by atoms with Gasteiger partial charge in [-0.05, 0) is 37.6 Å². The predicted molar refractivity (Wildman–Crippen MR) is 78.5 cm³/mol. The molecule has 0 bridgehead atoms. The molecule has 1 aromatic carbocycles. The first kappa shape index (κ1) is 11.2.